The topological polar surface area (TPSA) is 100 Å². The standard InChI is InChI=1S/C63H45N3O.C51H31FN4OS/c1-40-35-56(48-37-58(44-16-7-4-8-17-44)64-59(38-48)45-18-9-5-10-19-45)41(2)34-55(40)47-29-33-61-57(36-47)53-32-28-46(42(3)67)39-62(53)65(61)50-30-26-43(27-31-50)51-23-15-24-54-52-22-13-14-25-60(52)66(63(51)54)49-20-11-6-12-21-49;52-44-31-46-43(30-42(44)35-17-11-18-36(29-35)51-54-49(33-13-3-1-4-14-33)53-50(55-51)34-15-5-2-6-16-34)39-19-7-9-23-45(39)56(46)37-27-25-32(26-28-37)38-21-12-22-41-40-20-8-10-24-47(40)58(57)48(38)41/h4-39H,1-3H3;1-31H. The summed E-state index contributed by atoms with van der Waals surface area (Å²) in [5, 5.41) is 6.66. The summed E-state index contributed by atoms with van der Waals surface area (Å²) in [6.07, 6.45) is 0. The Bertz CT molecular complexity index is 7970. The molecular formula is C114H76FN7O2S. The second kappa shape index (κ2) is 31.3. The van der Waals surface area contributed by atoms with Crippen LogP contribution in [-0.4, -0.2) is 43.6 Å². The quantitative estimate of drug-likeness (QED) is 0.101. The fourth-order valence-electron chi connectivity index (χ4n) is 18.4. The van der Waals surface area contributed by atoms with Crippen LogP contribution in [0.3, 0.4) is 0 Å². The van der Waals surface area contributed by atoms with Crippen LogP contribution < -0.4 is 0 Å². The summed E-state index contributed by atoms with van der Waals surface area (Å²) in [5.41, 5.74) is 31.1. The lowest BCUT2D eigenvalue weighted by Crippen LogP contribution is -2.00. The molecule has 1 atom stereocenters. The number of aryl methyl sites for hydroxylation is 2. The molecule has 17 aromatic carbocycles. The van der Waals surface area contributed by atoms with Crippen molar-refractivity contribution in [3.63, 3.8) is 0 Å². The Kier molecular flexibility index (Phi) is 18.8. The summed E-state index contributed by atoms with van der Waals surface area (Å²) < 4.78 is 37.1. The van der Waals surface area contributed by atoms with Gasteiger partial charge < -0.3 is 13.7 Å². The molecule has 0 saturated carbocycles. The minimum Gasteiger partial charge on any atom is -0.309 e. The van der Waals surface area contributed by atoms with E-state index in [0.717, 1.165) is 154 Å². The maximum absolute atomic E-state index is 16.6. The molecule has 0 N–H and O–H groups in total. The lowest BCUT2D eigenvalue weighted by atomic mass is 9.90. The zero-order chi connectivity index (χ0) is 83.9. The van der Waals surface area contributed by atoms with Gasteiger partial charge in [-0.15, -0.1) is 0 Å². The Balaban J connectivity index is 0.000000150. The van der Waals surface area contributed by atoms with Gasteiger partial charge >= 0.3 is 0 Å². The highest BCUT2D eigenvalue weighted by molar-refractivity contribution is 7.86. The van der Waals surface area contributed by atoms with Crippen molar-refractivity contribution in [2.24, 2.45) is 0 Å². The van der Waals surface area contributed by atoms with E-state index in [2.05, 4.69) is 264 Å². The van der Waals surface area contributed by atoms with Crippen molar-refractivity contribution >= 4 is 82.0 Å². The molecule has 0 radical (unpaired) electrons. The van der Waals surface area contributed by atoms with Gasteiger partial charge in [-0.05, 0) is 185 Å². The Morgan fingerprint density at radius 3 is 1.32 bits per heavy atom. The van der Waals surface area contributed by atoms with Gasteiger partial charge in [0.2, 0.25) is 0 Å². The summed E-state index contributed by atoms with van der Waals surface area (Å²) in [6, 6.07) is 139. The van der Waals surface area contributed by atoms with Crippen molar-refractivity contribution in [2.75, 3.05) is 0 Å². The summed E-state index contributed by atoms with van der Waals surface area (Å²) in [4.78, 5) is 34.3. The molecule has 0 fully saturated rings. The Morgan fingerprint density at radius 2 is 0.696 bits per heavy atom. The minimum atomic E-state index is -1.27. The molecule has 11 heteroatoms. The largest absolute Gasteiger partial charge is 0.309 e. The number of halogens is 1. The first-order valence-electron chi connectivity index (χ1n) is 41.9. The molecular weight excluding hydrogens is 1550 g/mol. The molecule has 9 nitrogen and oxygen atoms in total. The van der Waals surface area contributed by atoms with Crippen molar-refractivity contribution in [2.45, 2.75) is 30.6 Å². The van der Waals surface area contributed by atoms with Gasteiger partial charge in [0.1, 0.15) is 5.82 Å². The van der Waals surface area contributed by atoms with Gasteiger partial charge in [-0.1, -0.05) is 303 Å². The summed E-state index contributed by atoms with van der Waals surface area (Å²) in [5.74, 6) is 1.35. The van der Waals surface area contributed by atoms with E-state index >= 15 is 4.39 Å². The number of hydrogen-bond donors (Lipinski definition) is 0. The van der Waals surface area contributed by atoms with Crippen LogP contribution in [0, 0.1) is 19.7 Å². The van der Waals surface area contributed by atoms with Crippen LogP contribution >= 0.6 is 0 Å². The monoisotopic (exact) mass is 1630 g/mol. The zero-order valence-electron chi connectivity index (χ0n) is 68.4. The van der Waals surface area contributed by atoms with Gasteiger partial charge in [-0.3, -0.25) is 4.79 Å². The highest BCUT2D eigenvalue weighted by Crippen LogP contribution is 2.48. The first-order valence-corrected chi connectivity index (χ1v) is 43.1. The molecule has 0 spiro atoms. The third kappa shape index (κ3) is 13.4. The fraction of sp³-hybridized carbons (Fsp3) is 0.0263. The number of carbonyl (C=O) groups is 1. The summed E-state index contributed by atoms with van der Waals surface area (Å²) in [6.45, 7) is 6.06. The SMILES string of the molecule is CC(=O)c1ccc2c3cc(-c4cc(C)c(-c5cc(-c6ccccc6)nc(-c6ccccc6)c5)cc4C)ccc3n(-c3ccc(-c4cccc5c6ccccc6n(-c6ccccc6)c45)cc3)c2c1.O=S1c2ccccc2-c2cccc(-c3ccc(-n4c5ccccc5c5cc(-c6cccc(-c7nc(-c8ccccc8)nc(-c8ccccc8)n7)c6)c(F)cc54)cc3)c21. The average Bonchev–Trinajstić information content (AvgIpc) is 1.58. The Hall–Kier alpha value is -16.0. The summed E-state index contributed by atoms with van der Waals surface area (Å²) in [7, 11) is -1.27. The molecule has 6 heterocycles. The highest BCUT2D eigenvalue weighted by Gasteiger charge is 2.30. The van der Waals surface area contributed by atoms with Crippen LogP contribution in [0.1, 0.15) is 28.4 Å². The average molecular weight is 1630 g/mol. The second-order valence-corrected chi connectivity index (χ2v) is 33.3. The van der Waals surface area contributed by atoms with E-state index in [9.17, 15) is 9.00 Å². The first-order chi connectivity index (χ1) is 61.5. The van der Waals surface area contributed by atoms with E-state index in [1.54, 1.807) is 13.0 Å². The molecule has 1 aliphatic heterocycles. The number of rotatable bonds is 14. The van der Waals surface area contributed by atoms with Crippen molar-refractivity contribution in [3.05, 3.63) is 429 Å². The Labute approximate surface area is 724 Å². The molecule has 0 saturated heterocycles. The lowest BCUT2D eigenvalue weighted by Gasteiger charge is -2.16. The second-order valence-electron chi connectivity index (χ2n) is 31.9. The van der Waals surface area contributed by atoms with E-state index < -0.39 is 10.8 Å². The lowest BCUT2D eigenvalue weighted by molar-refractivity contribution is 0.101. The van der Waals surface area contributed by atoms with Crippen LogP contribution in [-0.2, 0) is 10.8 Å². The molecule has 22 aromatic rings. The van der Waals surface area contributed by atoms with Gasteiger partial charge in [0.15, 0.2) is 23.3 Å². The van der Waals surface area contributed by atoms with Crippen molar-refractivity contribution < 1.29 is 13.4 Å². The number of ketones is 1. The van der Waals surface area contributed by atoms with Gasteiger partial charge in [-0.2, -0.15) is 0 Å². The highest BCUT2D eigenvalue weighted by atomic mass is 32.2. The van der Waals surface area contributed by atoms with Crippen molar-refractivity contribution in [1.82, 2.24) is 33.6 Å². The molecule has 23 rings (SSSR count). The normalized spacial score (nSPS) is 12.3. The summed E-state index contributed by atoms with van der Waals surface area (Å²) >= 11 is 0. The fourth-order valence-corrected chi connectivity index (χ4v) is 20.0. The molecule has 0 aliphatic carbocycles. The van der Waals surface area contributed by atoms with Crippen LogP contribution in [0.2, 0.25) is 0 Å². The minimum absolute atomic E-state index is 0.0452. The van der Waals surface area contributed by atoms with Gasteiger partial charge in [0.05, 0.1) is 65.1 Å². The maximum atomic E-state index is 16.6. The number of benzene rings is 17. The maximum Gasteiger partial charge on any atom is 0.164 e. The van der Waals surface area contributed by atoms with Crippen LogP contribution in [0.4, 0.5) is 4.39 Å². The van der Waals surface area contributed by atoms with Gasteiger partial charge in [-0.25, -0.2) is 28.5 Å². The number of Topliss-reactive ketones (excluding diaryl/α,β-unsaturated/α-hetero) is 1. The smallest absolute Gasteiger partial charge is 0.164 e. The Morgan fingerprint density at radius 1 is 0.272 bits per heavy atom. The van der Waals surface area contributed by atoms with E-state index in [4.69, 9.17) is 19.9 Å². The van der Waals surface area contributed by atoms with Crippen LogP contribution in [0.25, 0.3) is 206 Å². The van der Waals surface area contributed by atoms with Gasteiger partial charge in [0.25, 0.3) is 0 Å². The van der Waals surface area contributed by atoms with E-state index in [1.807, 2.05) is 164 Å². The number of fused-ring (bicyclic) bond motifs is 12. The molecule has 1 aliphatic rings. The number of nitrogens with zero attached hydrogens (tertiary/aromatic N) is 7. The third-order valence-electron chi connectivity index (χ3n) is 24.4. The first kappa shape index (κ1) is 75.3. The van der Waals surface area contributed by atoms with Crippen LogP contribution in [0.15, 0.2) is 416 Å². The van der Waals surface area contributed by atoms with E-state index in [0.29, 0.717) is 28.6 Å². The number of hydrogen-bond acceptors (Lipinski definition) is 6. The molecule has 592 valence electrons. The van der Waals surface area contributed by atoms with Crippen molar-refractivity contribution in [3.8, 4) is 141 Å². The third-order valence-corrected chi connectivity index (χ3v) is 25.9. The molecule has 0 amide bonds. The van der Waals surface area contributed by atoms with E-state index in [-0.39, 0.29) is 11.6 Å². The molecule has 1 unspecified atom stereocenters. The number of para-hydroxylation sites is 4. The number of aromatic nitrogens is 7. The van der Waals surface area contributed by atoms with E-state index in [1.165, 1.54) is 49.6 Å². The molecule has 0 bridgehead atoms. The molecule has 125 heavy (non-hydrogen) atoms. The van der Waals surface area contributed by atoms with Crippen LogP contribution in [0.5, 0.6) is 0 Å². The number of carbonyl (C=O) groups excluding carboxylic acids is 1. The predicted molar refractivity (Wildman–Crippen MR) is 511 cm³/mol. The number of pyridine rings is 1. The zero-order valence-corrected chi connectivity index (χ0v) is 69.2. The van der Waals surface area contributed by atoms with Gasteiger partial charge in [0, 0.05) is 99.5 Å². The molecule has 5 aromatic heterocycles. The predicted octanol–water partition coefficient (Wildman–Crippen LogP) is 29.0. The van der Waals surface area contributed by atoms with Crippen molar-refractivity contribution in [1.29, 1.82) is 0 Å².